The lowest BCUT2D eigenvalue weighted by Gasteiger charge is -2.37. The number of rotatable bonds is 6. The van der Waals surface area contributed by atoms with Gasteiger partial charge in [0.15, 0.2) is 0 Å². The van der Waals surface area contributed by atoms with Crippen molar-refractivity contribution in [2.24, 2.45) is 5.73 Å². The fourth-order valence-corrected chi connectivity index (χ4v) is 2.38. The van der Waals surface area contributed by atoms with Crippen LogP contribution in [0.25, 0.3) is 0 Å². The standard InChI is InChI=1S/C11H25N3O/c1-13-7-5-11(9-12,10-13)14(2)6-4-8-15-3/h4-10,12H2,1-3H3. The second-order valence-corrected chi connectivity index (χ2v) is 4.68. The molecule has 1 aliphatic heterocycles. The minimum absolute atomic E-state index is 0.197. The first-order valence-corrected chi connectivity index (χ1v) is 5.73. The minimum atomic E-state index is 0.197. The van der Waals surface area contributed by atoms with E-state index in [2.05, 4.69) is 23.9 Å². The van der Waals surface area contributed by atoms with E-state index in [1.165, 1.54) is 6.42 Å². The normalized spacial score (nSPS) is 27.8. The van der Waals surface area contributed by atoms with E-state index in [1.54, 1.807) is 7.11 Å². The molecule has 0 spiro atoms. The van der Waals surface area contributed by atoms with Gasteiger partial charge in [-0.3, -0.25) is 4.90 Å². The van der Waals surface area contributed by atoms with E-state index in [0.29, 0.717) is 0 Å². The zero-order valence-corrected chi connectivity index (χ0v) is 10.3. The summed E-state index contributed by atoms with van der Waals surface area (Å²) in [7, 11) is 6.10. The van der Waals surface area contributed by atoms with Gasteiger partial charge < -0.3 is 15.4 Å². The summed E-state index contributed by atoms with van der Waals surface area (Å²) in [5.74, 6) is 0. The summed E-state index contributed by atoms with van der Waals surface area (Å²) in [5.41, 5.74) is 6.13. The highest BCUT2D eigenvalue weighted by Gasteiger charge is 2.38. The Kier molecular flexibility index (Phi) is 4.99. The van der Waals surface area contributed by atoms with Crippen molar-refractivity contribution in [2.75, 3.05) is 54.0 Å². The highest BCUT2D eigenvalue weighted by atomic mass is 16.5. The molecule has 1 atom stereocenters. The van der Waals surface area contributed by atoms with Crippen LogP contribution in [-0.2, 0) is 4.74 Å². The van der Waals surface area contributed by atoms with Crippen LogP contribution in [0.3, 0.4) is 0 Å². The summed E-state index contributed by atoms with van der Waals surface area (Å²) in [6, 6.07) is 0. The monoisotopic (exact) mass is 215 g/mol. The van der Waals surface area contributed by atoms with Gasteiger partial charge in [-0.2, -0.15) is 0 Å². The predicted molar refractivity (Wildman–Crippen MR) is 63.0 cm³/mol. The summed E-state index contributed by atoms with van der Waals surface area (Å²) < 4.78 is 5.07. The summed E-state index contributed by atoms with van der Waals surface area (Å²) >= 11 is 0. The van der Waals surface area contributed by atoms with E-state index in [4.69, 9.17) is 10.5 Å². The topological polar surface area (TPSA) is 41.7 Å². The first kappa shape index (κ1) is 12.9. The molecule has 1 rings (SSSR count). The molecule has 1 aliphatic rings. The predicted octanol–water partition coefficient (Wildman–Crippen LogP) is -0.0123. The highest BCUT2D eigenvalue weighted by Crippen LogP contribution is 2.25. The molecule has 4 heteroatoms. The molecule has 0 aromatic heterocycles. The summed E-state index contributed by atoms with van der Waals surface area (Å²) in [6.07, 6.45) is 2.27. The molecular weight excluding hydrogens is 190 g/mol. The molecule has 0 amide bonds. The lowest BCUT2D eigenvalue weighted by Crippen LogP contribution is -2.54. The Labute approximate surface area is 93.4 Å². The molecule has 90 valence electrons. The Morgan fingerprint density at radius 3 is 2.73 bits per heavy atom. The molecule has 1 fully saturated rings. The first-order chi connectivity index (χ1) is 7.14. The number of methoxy groups -OCH3 is 1. The minimum Gasteiger partial charge on any atom is -0.385 e. The average Bonchev–Trinajstić information content (AvgIpc) is 2.62. The van der Waals surface area contributed by atoms with Gasteiger partial charge in [-0.15, -0.1) is 0 Å². The third kappa shape index (κ3) is 3.14. The fraction of sp³-hybridized carbons (Fsp3) is 1.00. The lowest BCUT2D eigenvalue weighted by atomic mass is 9.96. The quantitative estimate of drug-likeness (QED) is 0.633. The Balaban J connectivity index is 2.43. The van der Waals surface area contributed by atoms with Crippen LogP contribution in [0.5, 0.6) is 0 Å². The van der Waals surface area contributed by atoms with Crippen LogP contribution in [0.2, 0.25) is 0 Å². The first-order valence-electron chi connectivity index (χ1n) is 5.73. The van der Waals surface area contributed by atoms with Crippen LogP contribution >= 0.6 is 0 Å². The molecular formula is C11H25N3O. The van der Waals surface area contributed by atoms with E-state index >= 15 is 0 Å². The van der Waals surface area contributed by atoms with Crippen molar-refractivity contribution in [3.63, 3.8) is 0 Å². The van der Waals surface area contributed by atoms with Crippen LogP contribution in [0.4, 0.5) is 0 Å². The van der Waals surface area contributed by atoms with Gasteiger partial charge in [0.05, 0.1) is 0 Å². The molecule has 4 nitrogen and oxygen atoms in total. The third-order valence-electron chi connectivity index (χ3n) is 3.55. The summed E-state index contributed by atoms with van der Waals surface area (Å²) in [6.45, 7) is 4.90. The van der Waals surface area contributed by atoms with Crippen molar-refractivity contribution < 1.29 is 4.74 Å². The molecule has 1 heterocycles. The zero-order chi connectivity index (χ0) is 11.3. The molecule has 1 unspecified atom stereocenters. The number of ether oxygens (including phenoxy) is 1. The van der Waals surface area contributed by atoms with Crippen LogP contribution in [0, 0.1) is 0 Å². The van der Waals surface area contributed by atoms with Crippen molar-refractivity contribution in [1.29, 1.82) is 0 Å². The van der Waals surface area contributed by atoms with E-state index in [-0.39, 0.29) is 5.54 Å². The number of hydrogen-bond donors (Lipinski definition) is 1. The molecule has 15 heavy (non-hydrogen) atoms. The van der Waals surface area contributed by atoms with Crippen molar-refractivity contribution in [1.82, 2.24) is 9.80 Å². The second kappa shape index (κ2) is 5.80. The summed E-state index contributed by atoms with van der Waals surface area (Å²) in [4.78, 5) is 4.77. The molecule has 0 aliphatic carbocycles. The average molecular weight is 215 g/mol. The van der Waals surface area contributed by atoms with Crippen LogP contribution < -0.4 is 5.73 Å². The molecule has 1 saturated heterocycles. The van der Waals surface area contributed by atoms with E-state index in [0.717, 1.165) is 39.2 Å². The largest absolute Gasteiger partial charge is 0.385 e. The van der Waals surface area contributed by atoms with E-state index in [1.807, 2.05) is 0 Å². The van der Waals surface area contributed by atoms with E-state index in [9.17, 15) is 0 Å². The summed E-state index contributed by atoms with van der Waals surface area (Å²) in [5, 5.41) is 0. The highest BCUT2D eigenvalue weighted by molar-refractivity contribution is 4.98. The number of likely N-dealkylation sites (N-methyl/N-ethyl adjacent to an activating group) is 2. The van der Waals surface area contributed by atoms with Crippen LogP contribution in [0.1, 0.15) is 12.8 Å². The van der Waals surface area contributed by atoms with Gasteiger partial charge in [0, 0.05) is 38.9 Å². The third-order valence-corrected chi connectivity index (χ3v) is 3.55. The number of hydrogen-bond acceptors (Lipinski definition) is 4. The van der Waals surface area contributed by atoms with Gasteiger partial charge in [0.1, 0.15) is 0 Å². The maximum absolute atomic E-state index is 5.94. The second-order valence-electron chi connectivity index (χ2n) is 4.68. The number of nitrogens with zero attached hydrogens (tertiary/aromatic N) is 2. The Hall–Kier alpha value is -0.160. The van der Waals surface area contributed by atoms with E-state index < -0.39 is 0 Å². The molecule has 0 aromatic rings. The Bertz CT molecular complexity index is 189. The molecule has 0 radical (unpaired) electrons. The van der Waals surface area contributed by atoms with Gasteiger partial charge in [-0.1, -0.05) is 0 Å². The van der Waals surface area contributed by atoms with Crippen molar-refractivity contribution in [2.45, 2.75) is 18.4 Å². The fourth-order valence-electron chi connectivity index (χ4n) is 2.38. The molecule has 0 saturated carbocycles. The SMILES string of the molecule is COCCCN(C)C1(CN)CCN(C)C1. The smallest absolute Gasteiger partial charge is 0.0474 e. The number of likely N-dealkylation sites (tertiary alicyclic amines) is 1. The maximum Gasteiger partial charge on any atom is 0.0474 e. The molecule has 0 aromatic carbocycles. The molecule has 0 bridgehead atoms. The van der Waals surface area contributed by atoms with Crippen molar-refractivity contribution in [3.05, 3.63) is 0 Å². The van der Waals surface area contributed by atoms with Crippen molar-refractivity contribution in [3.8, 4) is 0 Å². The maximum atomic E-state index is 5.94. The number of nitrogens with two attached hydrogens (primary N) is 1. The van der Waals surface area contributed by atoms with Crippen LogP contribution in [-0.4, -0.2) is 69.3 Å². The van der Waals surface area contributed by atoms with Gasteiger partial charge in [0.25, 0.3) is 0 Å². The molecule has 2 N–H and O–H groups in total. The van der Waals surface area contributed by atoms with Gasteiger partial charge in [0.2, 0.25) is 0 Å². The van der Waals surface area contributed by atoms with Crippen molar-refractivity contribution >= 4 is 0 Å². The van der Waals surface area contributed by atoms with Crippen LogP contribution in [0.15, 0.2) is 0 Å². The lowest BCUT2D eigenvalue weighted by molar-refractivity contribution is 0.113. The Morgan fingerprint density at radius 2 is 2.27 bits per heavy atom. The van der Waals surface area contributed by atoms with Gasteiger partial charge in [-0.05, 0) is 33.5 Å². The van der Waals surface area contributed by atoms with Gasteiger partial charge in [-0.25, -0.2) is 0 Å². The zero-order valence-electron chi connectivity index (χ0n) is 10.3. The Morgan fingerprint density at radius 1 is 1.53 bits per heavy atom. The van der Waals surface area contributed by atoms with Gasteiger partial charge >= 0.3 is 0 Å².